The van der Waals surface area contributed by atoms with Crippen molar-refractivity contribution in [1.82, 2.24) is 14.8 Å². The molecule has 0 spiro atoms. The van der Waals surface area contributed by atoms with Crippen LogP contribution in [0.1, 0.15) is 18.5 Å². The van der Waals surface area contributed by atoms with E-state index in [2.05, 4.69) is 51.5 Å². The summed E-state index contributed by atoms with van der Waals surface area (Å²) < 4.78 is 5.94. The van der Waals surface area contributed by atoms with E-state index in [1.54, 1.807) is 11.8 Å². The molecular weight excluding hydrogens is 432 g/mol. The van der Waals surface area contributed by atoms with E-state index in [0.29, 0.717) is 5.75 Å². The number of aromatic nitrogens is 1. The summed E-state index contributed by atoms with van der Waals surface area (Å²) >= 11 is 1.57. The van der Waals surface area contributed by atoms with Gasteiger partial charge in [0.1, 0.15) is 5.75 Å². The van der Waals surface area contributed by atoms with Crippen LogP contribution in [0.5, 0.6) is 5.75 Å². The molecule has 3 aromatic rings. The van der Waals surface area contributed by atoms with Gasteiger partial charge in [-0.25, -0.2) is 0 Å². The number of thioether (sulfide) groups is 1. The van der Waals surface area contributed by atoms with E-state index >= 15 is 0 Å². The van der Waals surface area contributed by atoms with Crippen molar-refractivity contribution in [3.8, 4) is 5.75 Å². The van der Waals surface area contributed by atoms with Crippen LogP contribution >= 0.6 is 11.8 Å². The first-order chi connectivity index (χ1) is 16.2. The van der Waals surface area contributed by atoms with Gasteiger partial charge < -0.3 is 15.0 Å². The number of nitrogens with zero attached hydrogens (tertiary/aromatic N) is 3. The summed E-state index contributed by atoms with van der Waals surface area (Å²) in [5.74, 6) is 1.42. The average Bonchev–Trinajstić information content (AvgIpc) is 2.85. The Kier molecular flexibility index (Phi) is 7.09. The second kappa shape index (κ2) is 10.5. The van der Waals surface area contributed by atoms with E-state index in [1.807, 2.05) is 18.2 Å². The molecule has 0 unspecified atom stereocenters. The first kappa shape index (κ1) is 22.2. The normalized spacial score (nSPS) is 17.0. The third kappa shape index (κ3) is 5.85. The van der Waals surface area contributed by atoms with Crippen LogP contribution in [0.3, 0.4) is 0 Å². The molecule has 2 aliphatic rings. The molecule has 1 aromatic heterocycles. The van der Waals surface area contributed by atoms with E-state index in [1.165, 1.54) is 5.39 Å². The zero-order chi connectivity index (χ0) is 22.5. The Balaban J connectivity index is 0.991. The summed E-state index contributed by atoms with van der Waals surface area (Å²) in [6, 6.07) is 18.6. The highest BCUT2D eigenvalue weighted by Crippen LogP contribution is 2.34. The van der Waals surface area contributed by atoms with Gasteiger partial charge in [0.2, 0.25) is 5.91 Å². The van der Waals surface area contributed by atoms with Crippen LogP contribution < -0.4 is 10.1 Å². The van der Waals surface area contributed by atoms with Crippen LogP contribution in [0.4, 0.5) is 5.69 Å². The number of ether oxygens (including phenoxy) is 1. The number of fused-ring (bicyclic) bond motifs is 2. The van der Waals surface area contributed by atoms with Gasteiger partial charge in [0.15, 0.2) is 0 Å². The first-order valence-electron chi connectivity index (χ1n) is 11.7. The number of amides is 1. The SMILES string of the molecule is O=C1CSc2cc(OCCCCN3CCN(Cc4ccc5ccccc5n4)CC3)ccc2N1. The lowest BCUT2D eigenvalue weighted by Gasteiger charge is -2.34. The number of carbonyl (C=O) groups excluding carboxylic acids is 1. The molecule has 1 amide bonds. The first-order valence-corrected chi connectivity index (χ1v) is 12.7. The average molecular weight is 463 g/mol. The van der Waals surface area contributed by atoms with Crippen LogP contribution in [0, 0.1) is 0 Å². The fourth-order valence-electron chi connectivity index (χ4n) is 4.37. The van der Waals surface area contributed by atoms with E-state index in [4.69, 9.17) is 9.72 Å². The third-order valence-corrected chi connectivity index (χ3v) is 7.29. The smallest absolute Gasteiger partial charge is 0.234 e. The Bertz CT molecular complexity index is 1110. The highest BCUT2D eigenvalue weighted by Gasteiger charge is 2.18. The van der Waals surface area contributed by atoms with Crippen molar-refractivity contribution in [3.63, 3.8) is 0 Å². The second-order valence-electron chi connectivity index (χ2n) is 8.66. The summed E-state index contributed by atoms with van der Waals surface area (Å²) in [4.78, 5) is 22.4. The Morgan fingerprint density at radius 1 is 0.970 bits per heavy atom. The van der Waals surface area contributed by atoms with E-state index in [9.17, 15) is 4.79 Å². The molecule has 1 fully saturated rings. The monoisotopic (exact) mass is 462 g/mol. The van der Waals surface area contributed by atoms with Crippen molar-refractivity contribution in [2.24, 2.45) is 0 Å². The molecule has 1 saturated heterocycles. The van der Waals surface area contributed by atoms with Crippen molar-refractivity contribution >= 4 is 34.3 Å². The molecule has 6 nitrogen and oxygen atoms in total. The summed E-state index contributed by atoms with van der Waals surface area (Å²) in [6.45, 7) is 7.18. The lowest BCUT2D eigenvalue weighted by molar-refractivity contribution is -0.113. The van der Waals surface area contributed by atoms with Crippen LogP contribution in [0.25, 0.3) is 10.9 Å². The molecule has 0 saturated carbocycles. The van der Waals surface area contributed by atoms with Crippen LogP contribution in [0.15, 0.2) is 59.5 Å². The third-order valence-electron chi connectivity index (χ3n) is 6.23. The van der Waals surface area contributed by atoms with Crippen molar-refractivity contribution in [2.75, 3.05) is 50.4 Å². The Morgan fingerprint density at radius 3 is 2.73 bits per heavy atom. The van der Waals surface area contributed by atoms with E-state index in [-0.39, 0.29) is 5.91 Å². The zero-order valence-electron chi connectivity index (χ0n) is 18.8. The number of pyridine rings is 1. The number of hydrogen-bond acceptors (Lipinski definition) is 6. The second-order valence-corrected chi connectivity index (χ2v) is 9.68. The molecule has 0 radical (unpaired) electrons. The predicted molar refractivity (Wildman–Crippen MR) is 134 cm³/mol. The lowest BCUT2D eigenvalue weighted by atomic mass is 10.2. The highest BCUT2D eigenvalue weighted by atomic mass is 32.2. The number of para-hydroxylation sites is 1. The predicted octanol–water partition coefficient (Wildman–Crippen LogP) is 4.26. The number of benzene rings is 2. The molecule has 0 aliphatic carbocycles. The van der Waals surface area contributed by atoms with E-state index < -0.39 is 0 Å². The van der Waals surface area contributed by atoms with Crippen LogP contribution in [-0.4, -0.2) is 65.8 Å². The number of carbonyl (C=O) groups is 1. The fraction of sp³-hybridized carbons (Fsp3) is 0.385. The van der Waals surface area contributed by atoms with Crippen molar-refractivity contribution < 1.29 is 9.53 Å². The molecule has 2 aromatic carbocycles. The minimum Gasteiger partial charge on any atom is -0.494 e. The molecule has 1 N–H and O–H groups in total. The van der Waals surface area contributed by atoms with Gasteiger partial charge in [0, 0.05) is 43.0 Å². The van der Waals surface area contributed by atoms with Gasteiger partial charge in [-0.3, -0.25) is 14.7 Å². The quantitative estimate of drug-likeness (QED) is 0.505. The van der Waals surface area contributed by atoms with Gasteiger partial charge in [-0.05, 0) is 49.7 Å². The molecule has 3 heterocycles. The maximum Gasteiger partial charge on any atom is 0.234 e. The van der Waals surface area contributed by atoms with Crippen molar-refractivity contribution in [2.45, 2.75) is 24.3 Å². The molecule has 0 bridgehead atoms. The van der Waals surface area contributed by atoms with Gasteiger partial charge in [0.25, 0.3) is 0 Å². The highest BCUT2D eigenvalue weighted by molar-refractivity contribution is 8.00. The van der Waals surface area contributed by atoms with Crippen molar-refractivity contribution in [1.29, 1.82) is 0 Å². The molecule has 33 heavy (non-hydrogen) atoms. The van der Waals surface area contributed by atoms with Gasteiger partial charge in [0.05, 0.1) is 29.3 Å². The van der Waals surface area contributed by atoms with Crippen LogP contribution in [-0.2, 0) is 11.3 Å². The number of anilines is 1. The molecular formula is C26H30N4O2S. The summed E-state index contributed by atoms with van der Waals surface area (Å²) in [6.07, 6.45) is 2.18. The maximum absolute atomic E-state index is 11.5. The minimum absolute atomic E-state index is 0.0624. The van der Waals surface area contributed by atoms with Gasteiger partial charge in [-0.1, -0.05) is 24.3 Å². The van der Waals surface area contributed by atoms with Gasteiger partial charge >= 0.3 is 0 Å². The number of unbranched alkanes of at least 4 members (excludes halogenated alkanes) is 1. The number of hydrogen-bond donors (Lipinski definition) is 1. The number of piperazine rings is 1. The lowest BCUT2D eigenvalue weighted by Crippen LogP contribution is -2.46. The molecule has 172 valence electrons. The van der Waals surface area contributed by atoms with Gasteiger partial charge in [-0.2, -0.15) is 0 Å². The summed E-state index contributed by atoms with van der Waals surface area (Å²) in [5, 5.41) is 4.10. The zero-order valence-corrected chi connectivity index (χ0v) is 19.7. The number of rotatable bonds is 8. The fourth-order valence-corrected chi connectivity index (χ4v) is 5.20. The Labute approximate surface area is 199 Å². The van der Waals surface area contributed by atoms with Gasteiger partial charge in [-0.15, -0.1) is 11.8 Å². The largest absolute Gasteiger partial charge is 0.494 e. The molecule has 2 aliphatic heterocycles. The number of nitrogens with one attached hydrogen (secondary N) is 1. The molecule has 7 heteroatoms. The minimum atomic E-state index is 0.0624. The topological polar surface area (TPSA) is 57.7 Å². The maximum atomic E-state index is 11.5. The Hall–Kier alpha value is -2.61. The van der Waals surface area contributed by atoms with Crippen molar-refractivity contribution in [3.05, 3.63) is 60.3 Å². The van der Waals surface area contributed by atoms with E-state index in [0.717, 1.165) is 86.3 Å². The Morgan fingerprint density at radius 2 is 1.82 bits per heavy atom. The molecule has 5 rings (SSSR count). The van der Waals surface area contributed by atoms with Crippen LogP contribution in [0.2, 0.25) is 0 Å². The summed E-state index contributed by atoms with van der Waals surface area (Å²) in [5.41, 5.74) is 3.12. The standard InChI is InChI=1S/C26H30N4O2S/c31-26-19-33-25-17-22(9-10-24(25)28-26)32-16-4-3-11-29-12-14-30(15-13-29)18-21-8-7-20-5-1-2-6-23(20)27-21/h1-2,5-10,17H,3-4,11-16,18-19H2,(H,28,31). The summed E-state index contributed by atoms with van der Waals surface area (Å²) in [7, 11) is 0. The molecule has 0 atom stereocenters.